The molecule has 1 aromatic carbocycles. The number of allylic oxidation sites excluding steroid dienone is 2. The van der Waals surface area contributed by atoms with Crippen LogP contribution in [-0.2, 0) is 20.9 Å². The predicted octanol–water partition coefficient (Wildman–Crippen LogP) is 2.16. The van der Waals surface area contributed by atoms with Crippen LogP contribution in [0.15, 0.2) is 53.3 Å². The van der Waals surface area contributed by atoms with Crippen LogP contribution in [0.2, 0.25) is 0 Å². The Morgan fingerprint density at radius 1 is 0.943 bits per heavy atom. The zero-order chi connectivity index (χ0) is 25.7. The van der Waals surface area contributed by atoms with Crippen molar-refractivity contribution in [2.24, 2.45) is 0 Å². The van der Waals surface area contributed by atoms with Crippen LogP contribution in [-0.4, -0.2) is 66.6 Å². The second-order valence-electron chi connectivity index (χ2n) is 9.28. The van der Waals surface area contributed by atoms with E-state index in [1.165, 1.54) is 0 Å². The number of aliphatic hydroxyl groups is 1. The first-order chi connectivity index (χ1) is 16.8. The van der Waals surface area contributed by atoms with E-state index in [0.29, 0.717) is 22.3 Å². The summed E-state index contributed by atoms with van der Waals surface area (Å²) in [6, 6.07) is 9.77. The van der Waals surface area contributed by atoms with Gasteiger partial charge in [-0.15, -0.1) is 0 Å². The fourth-order valence-electron chi connectivity index (χ4n) is 4.42. The molecule has 1 fully saturated rings. The zero-order valence-corrected chi connectivity index (χ0v) is 21.4. The average molecular weight is 486 g/mol. The third-order valence-corrected chi connectivity index (χ3v) is 6.51. The number of rotatable bonds is 11. The minimum atomic E-state index is -0.338. The van der Waals surface area contributed by atoms with Crippen LogP contribution in [0.25, 0.3) is 0 Å². The first-order valence-electron chi connectivity index (χ1n) is 12.5. The van der Waals surface area contributed by atoms with Gasteiger partial charge < -0.3 is 25.5 Å². The van der Waals surface area contributed by atoms with Crippen LogP contribution in [0, 0.1) is 0 Å². The lowest BCUT2D eigenvalue weighted by atomic mass is 10.1. The van der Waals surface area contributed by atoms with E-state index in [1.54, 1.807) is 6.92 Å². The number of hydrogen-bond donors (Lipinski definition) is 4. The quantitative estimate of drug-likeness (QED) is 0.219. The van der Waals surface area contributed by atoms with E-state index in [-0.39, 0.29) is 44.0 Å². The van der Waals surface area contributed by atoms with E-state index < -0.39 is 0 Å². The van der Waals surface area contributed by atoms with E-state index in [4.69, 9.17) is 5.11 Å². The molecule has 35 heavy (non-hydrogen) atoms. The Morgan fingerprint density at radius 3 is 2.17 bits per heavy atom. The summed E-state index contributed by atoms with van der Waals surface area (Å²) in [6.07, 6.45) is 5.98. The number of aliphatic hydroxyl groups excluding tert-OH is 1. The van der Waals surface area contributed by atoms with Gasteiger partial charge in [0, 0.05) is 18.7 Å². The van der Waals surface area contributed by atoms with Gasteiger partial charge in [-0.3, -0.25) is 14.4 Å². The van der Waals surface area contributed by atoms with Gasteiger partial charge in [-0.05, 0) is 57.6 Å². The standard InChI is InChI=1S/C27H40N4O4/c1-4-21(2)26(22(3)27(35)28-14-17-32)30-25(34)20-31(15-10-5-6-11-16-31)19-24(33)29-18-23-12-8-7-9-13-23/h4,7-9,12-13,32H,5-6,10-11,14-20H2,1-3H3,(H2-,28,29,30,33,34,35)/p+1/b21-4-. The lowest BCUT2D eigenvalue weighted by Gasteiger charge is -2.36. The van der Waals surface area contributed by atoms with Crippen LogP contribution in [0.4, 0.5) is 0 Å². The van der Waals surface area contributed by atoms with Crippen LogP contribution < -0.4 is 16.0 Å². The Balaban J connectivity index is 2.14. The molecule has 1 aliphatic rings. The van der Waals surface area contributed by atoms with Gasteiger partial charge in [-0.2, -0.15) is 0 Å². The van der Waals surface area contributed by atoms with E-state index in [1.807, 2.05) is 50.3 Å². The third-order valence-electron chi connectivity index (χ3n) is 6.51. The monoisotopic (exact) mass is 485 g/mol. The molecule has 1 saturated heterocycles. The van der Waals surface area contributed by atoms with Gasteiger partial charge in [0.2, 0.25) is 5.91 Å². The van der Waals surface area contributed by atoms with Crippen molar-refractivity contribution in [3.05, 3.63) is 58.8 Å². The molecule has 0 bridgehead atoms. The fourth-order valence-corrected chi connectivity index (χ4v) is 4.42. The number of hydrogen-bond acceptors (Lipinski definition) is 4. The maximum Gasteiger partial charge on any atom is 0.279 e. The molecule has 0 aromatic heterocycles. The maximum atomic E-state index is 13.3. The summed E-state index contributed by atoms with van der Waals surface area (Å²) in [4.78, 5) is 38.6. The number of amides is 3. The molecule has 0 atom stereocenters. The Morgan fingerprint density at radius 2 is 1.57 bits per heavy atom. The molecule has 1 aliphatic heterocycles. The van der Waals surface area contributed by atoms with Crippen molar-refractivity contribution in [3.63, 3.8) is 0 Å². The largest absolute Gasteiger partial charge is 0.395 e. The summed E-state index contributed by atoms with van der Waals surface area (Å²) < 4.78 is 0.407. The molecule has 192 valence electrons. The van der Waals surface area contributed by atoms with Gasteiger partial charge in [0.25, 0.3) is 11.8 Å². The molecule has 0 radical (unpaired) electrons. The normalized spacial score (nSPS) is 16.5. The lowest BCUT2D eigenvalue weighted by molar-refractivity contribution is -0.912. The highest BCUT2D eigenvalue weighted by atomic mass is 16.3. The molecule has 0 aliphatic carbocycles. The van der Waals surface area contributed by atoms with E-state index in [0.717, 1.165) is 49.9 Å². The number of likely N-dealkylation sites (tertiary alicyclic amines) is 1. The van der Waals surface area contributed by atoms with E-state index >= 15 is 0 Å². The molecule has 8 nitrogen and oxygen atoms in total. The van der Waals surface area contributed by atoms with Crippen molar-refractivity contribution in [1.29, 1.82) is 0 Å². The van der Waals surface area contributed by atoms with Gasteiger partial charge >= 0.3 is 0 Å². The van der Waals surface area contributed by atoms with Crippen molar-refractivity contribution < 1.29 is 24.0 Å². The molecule has 0 unspecified atom stereocenters. The van der Waals surface area contributed by atoms with Crippen molar-refractivity contribution in [3.8, 4) is 0 Å². The van der Waals surface area contributed by atoms with Gasteiger partial charge in [-0.25, -0.2) is 0 Å². The molecule has 1 aromatic rings. The highest BCUT2D eigenvalue weighted by Crippen LogP contribution is 2.19. The zero-order valence-electron chi connectivity index (χ0n) is 21.4. The topological polar surface area (TPSA) is 108 Å². The molecule has 2 rings (SSSR count). The average Bonchev–Trinajstić information content (AvgIpc) is 3.09. The summed E-state index contributed by atoms with van der Waals surface area (Å²) in [5.41, 5.74) is 2.66. The van der Waals surface area contributed by atoms with Crippen LogP contribution >= 0.6 is 0 Å². The molecule has 8 heteroatoms. The number of quaternary nitrogens is 1. The maximum absolute atomic E-state index is 13.3. The Hall–Kier alpha value is -2.97. The number of carbonyl (C=O) groups excluding carboxylic acids is 3. The SMILES string of the molecule is C/C=C(C)\C(NC(=O)C[N+]1(CC(=O)NCc2ccccc2)CCCCCC1)=C(/C)C(=O)NCCO. The highest BCUT2D eigenvalue weighted by Gasteiger charge is 2.34. The van der Waals surface area contributed by atoms with Gasteiger partial charge in [0.15, 0.2) is 13.1 Å². The molecule has 0 saturated carbocycles. The van der Waals surface area contributed by atoms with Gasteiger partial charge in [0.1, 0.15) is 0 Å². The third kappa shape index (κ3) is 9.30. The van der Waals surface area contributed by atoms with Crippen molar-refractivity contribution in [2.45, 2.75) is 53.0 Å². The van der Waals surface area contributed by atoms with E-state index in [9.17, 15) is 14.4 Å². The summed E-state index contributed by atoms with van der Waals surface area (Å²) in [7, 11) is 0. The lowest BCUT2D eigenvalue weighted by Crippen LogP contribution is -2.58. The van der Waals surface area contributed by atoms with Gasteiger partial charge in [-0.1, -0.05) is 36.4 Å². The first-order valence-corrected chi connectivity index (χ1v) is 12.5. The molecular weight excluding hydrogens is 444 g/mol. The summed E-state index contributed by atoms with van der Waals surface area (Å²) >= 11 is 0. The van der Waals surface area contributed by atoms with E-state index in [2.05, 4.69) is 16.0 Å². The number of nitrogens with zero attached hydrogens (tertiary/aromatic N) is 1. The number of benzene rings is 1. The van der Waals surface area contributed by atoms with Gasteiger partial charge in [0.05, 0.1) is 25.4 Å². The first kappa shape index (κ1) is 28.3. The smallest absolute Gasteiger partial charge is 0.279 e. The number of carbonyl (C=O) groups is 3. The van der Waals surface area contributed by atoms with Crippen molar-refractivity contribution >= 4 is 17.7 Å². The summed E-state index contributed by atoms with van der Waals surface area (Å²) in [6.45, 7) is 7.74. The predicted molar refractivity (Wildman–Crippen MR) is 137 cm³/mol. The Bertz CT molecular complexity index is 916. The highest BCUT2D eigenvalue weighted by molar-refractivity contribution is 5.95. The van der Waals surface area contributed by atoms with Crippen LogP contribution in [0.3, 0.4) is 0 Å². The second-order valence-corrected chi connectivity index (χ2v) is 9.28. The Kier molecular flexibility index (Phi) is 11.7. The second kappa shape index (κ2) is 14.4. The molecule has 1 heterocycles. The molecule has 3 amide bonds. The van der Waals surface area contributed by atoms with Crippen LogP contribution in [0.5, 0.6) is 0 Å². The minimum Gasteiger partial charge on any atom is -0.395 e. The Labute approximate surface area is 209 Å². The summed E-state index contributed by atoms with van der Waals surface area (Å²) in [5, 5.41) is 17.6. The van der Waals surface area contributed by atoms with Crippen LogP contribution in [0.1, 0.15) is 52.0 Å². The van der Waals surface area contributed by atoms with Crippen molar-refractivity contribution in [1.82, 2.24) is 16.0 Å². The molecular formula is C27H41N4O4+. The summed E-state index contributed by atoms with van der Waals surface area (Å²) in [5.74, 6) is -0.619. The minimum absolute atomic E-state index is 0.0662. The molecule has 0 spiro atoms. The fraction of sp³-hybridized carbons (Fsp3) is 0.519. The molecule has 4 N–H and O–H groups in total. The number of nitrogens with one attached hydrogen (secondary N) is 3. The van der Waals surface area contributed by atoms with Crippen molar-refractivity contribution in [2.75, 3.05) is 39.3 Å².